The van der Waals surface area contributed by atoms with Crippen molar-refractivity contribution < 1.29 is 4.74 Å². The van der Waals surface area contributed by atoms with Gasteiger partial charge in [0.05, 0.1) is 12.3 Å². The van der Waals surface area contributed by atoms with E-state index in [2.05, 4.69) is 43.0 Å². The van der Waals surface area contributed by atoms with Gasteiger partial charge in [0.1, 0.15) is 5.75 Å². The van der Waals surface area contributed by atoms with Crippen molar-refractivity contribution in [3.8, 4) is 5.75 Å². The van der Waals surface area contributed by atoms with Gasteiger partial charge in [-0.1, -0.05) is 26.0 Å². The summed E-state index contributed by atoms with van der Waals surface area (Å²) in [7, 11) is 0. The zero-order valence-corrected chi connectivity index (χ0v) is 13.3. The molecule has 0 spiro atoms. The van der Waals surface area contributed by atoms with E-state index in [1.165, 1.54) is 18.5 Å². The maximum atomic E-state index is 6.48. The summed E-state index contributed by atoms with van der Waals surface area (Å²) in [5, 5.41) is 0. The topological polar surface area (TPSA) is 38.5 Å². The number of nitrogens with two attached hydrogens (primary N) is 1. The van der Waals surface area contributed by atoms with Crippen LogP contribution in [0.2, 0.25) is 0 Å². The van der Waals surface area contributed by atoms with Crippen LogP contribution in [-0.2, 0) is 0 Å². The molecule has 2 N–H and O–H groups in total. The number of hydrogen-bond donors (Lipinski definition) is 1. The van der Waals surface area contributed by atoms with E-state index in [9.17, 15) is 0 Å². The molecule has 116 valence electrons. The van der Waals surface area contributed by atoms with Crippen LogP contribution in [0.3, 0.4) is 0 Å². The zero-order chi connectivity index (χ0) is 14.8. The Labute approximate surface area is 128 Å². The molecule has 0 saturated heterocycles. The van der Waals surface area contributed by atoms with Gasteiger partial charge in [0.25, 0.3) is 0 Å². The number of ether oxygens (including phenoxy) is 1. The van der Waals surface area contributed by atoms with Crippen LogP contribution in [0, 0.1) is 17.8 Å². The molecule has 0 radical (unpaired) electrons. The predicted molar refractivity (Wildman–Crippen MR) is 87.8 cm³/mol. The molecule has 1 aromatic carbocycles. The van der Waals surface area contributed by atoms with Crippen molar-refractivity contribution in [2.24, 2.45) is 23.5 Å². The molecule has 4 atom stereocenters. The van der Waals surface area contributed by atoms with E-state index < -0.39 is 0 Å². The molecule has 1 aliphatic carbocycles. The number of hydrogen-bond acceptors (Lipinski definition) is 3. The van der Waals surface area contributed by atoms with Crippen molar-refractivity contribution in [2.45, 2.75) is 39.2 Å². The Morgan fingerprint density at radius 3 is 2.86 bits per heavy atom. The molecule has 1 heterocycles. The fourth-order valence-electron chi connectivity index (χ4n) is 4.12. The van der Waals surface area contributed by atoms with Crippen LogP contribution >= 0.6 is 0 Å². The maximum absolute atomic E-state index is 6.48. The maximum Gasteiger partial charge on any atom is 0.142 e. The van der Waals surface area contributed by atoms with E-state index in [0.717, 1.165) is 37.8 Å². The molecule has 3 rings (SSSR count). The molecule has 0 aromatic heterocycles. The fourth-order valence-corrected chi connectivity index (χ4v) is 4.12. The van der Waals surface area contributed by atoms with Crippen LogP contribution in [0.25, 0.3) is 0 Å². The second-order valence-corrected chi connectivity index (χ2v) is 7.00. The van der Waals surface area contributed by atoms with Crippen molar-refractivity contribution in [3.05, 3.63) is 24.3 Å². The van der Waals surface area contributed by atoms with E-state index in [1.54, 1.807) is 0 Å². The molecule has 2 aliphatic rings. The van der Waals surface area contributed by atoms with Crippen molar-refractivity contribution in [1.82, 2.24) is 0 Å². The van der Waals surface area contributed by atoms with Crippen molar-refractivity contribution in [2.75, 3.05) is 24.6 Å². The first-order valence-corrected chi connectivity index (χ1v) is 8.37. The average Bonchev–Trinajstić information content (AvgIpc) is 2.65. The highest BCUT2D eigenvalue weighted by molar-refractivity contribution is 5.59. The highest BCUT2D eigenvalue weighted by Crippen LogP contribution is 2.36. The second kappa shape index (κ2) is 6.27. The van der Waals surface area contributed by atoms with Gasteiger partial charge in [-0.3, -0.25) is 0 Å². The molecule has 3 heteroatoms. The summed E-state index contributed by atoms with van der Waals surface area (Å²) in [4.78, 5) is 2.50. The Morgan fingerprint density at radius 2 is 2.05 bits per heavy atom. The van der Waals surface area contributed by atoms with Gasteiger partial charge in [-0.2, -0.15) is 0 Å². The Kier molecular flexibility index (Phi) is 4.39. The molecule has 1 aliphatic heterocycles. The van der Waals surface area contributed by atoms with Crippen molar-refractivity contribution >= 4 is 5.69 Å². The SMILES string of the molecule is CC1CC(C)C(CN2CCCOc3ccccc32)C(N)C1. The van der Waals surface area contributed by atoms with Gasteiger partial charge in [0.15, 0.2) is 0 Å². The van der Waals surface area contributed by atoms with E-state index >= 15 is 0 Å². The second-order valence-electron chi connectivity index (χ2n) is 7.00. The van der Waals surface area contributed by atoms with Gasteiger partial charge in [0.2, 0.25) is 0 Å². The Hall–Kier alpha value is -1.22. The van der Waals surface area contributed by atoms with Gasteiger partial charge in [-0.25, -0.2) is 0 Å². The Balaban J connectivity index is 1.78. The zero-order valence-electron chi connectivity index (χ0n) is 13.3. The monoisotopic (exact) mass is 288 g/mol. The summed E-state index contributed by atoms with van der Waals surface area (Å²) in [6.45, 7) is 7.66. The third kappa shape index (κ3) is 3.18. The van der Waals surface area contributed by atoms with Crippen LogP contribution < -0.4 is 15.4 Å². The third-order valence-electron chi connectivity index (χ3n) is 5.20. The molecule has 4 unspecified atom stereocenters. The number of para-hydroxylation sites is 2. The van der Waals surface area contributed by atoms with Crippen LogP contribution in [0.15, 0.2) is 24.3 Å². The number of anilines is 1. The Morgan fingerprint density at radius 1 is 1.24 bits per heavy atom. The number of fused-ring (bicyclic) bond motifs is 1. The van der Waals surface area contributed by atoms with Crippen LogP contribution in [0.4, 0.5) is 5.69 Å². The summed E-state index contributed by atoms with van der Waals surface area (Å²) in [6.07, 6.45) is 3.56. The summed E-state index contributed by atoms with van der Waals surface area (Å²) in [5.74, 6) is 3.10. The molecule has 1 saturated carbocycles. The minimum absolute atomic E-state index is 0.333. The Bertz CT molecular complexity index is 464. The van der Waals surface area contributed by atoms with Crippen molar-refractivity contribution in [3.63, 3.8) is 0 Å². The quantitative estimate of drug-likeness (QED) is 0.907. The lowest BCUT2D eigenvalue weighted by Crippen LogP contribution is -2.46. The van der Waals surface area contributed by atoms with Crippen LogP contribution in [-0.4, -0.2) is 25.7 Å². The first-order valence-electron chi connectivity index (χ1n) is 8.37. The average molecular weight is 288 g/mol. The lowest BCUT2D eigenvalue weighted by Gasteiger charge is -2.41. The summed E-state index contributed by atoms with van der Waals surface area (Å²) < 4.78 is 5.87. The van der Waals surface area contributed by atoms with Gasteiger partial charge in [-0.15, -0.1) is 0 Å². The third-order valence-corrected chi connectivity index (χ3v) is 5.20. The first-order chi connectivity index (χ1) is 10.1. The standard InChI is InChI=1S/C18H28N2O/c1-13-10-14(2)15(16(19)11-13)12-20-8-5-9-21-18-7-4-3-6-17(18)20/h3-4,6-7,13-16H,5,8-12,19H2,1-2H3. The number of nitrogens with zero attached hydrogens (tertiary/aromatic N) is 1. The fraction of sp³-hybridized carbons (Fsp3) is 0.667. The molecular formula is C18H28N2O. The van der Waals surface area contributed by atoms with Gasteiger partial charge < -0.3 is 15.4 Å². The lowest BCUT2D eigenvalue weighted by molar-refractivity contribution is 0.177. The number of benzene rings is 1. The first kappa shape index (κ1) is 14.7. The van der Waals surface area contributed by atoms with Gasteiger partial charge in [0, 0.05) is 19.1 Å². The normalized spacial score (nSPS) is 33.0. The summed E-state index contributed by atoms with van der Waals surface area (Å²) in [6, 6.07) is 8.76. The van der Waals surface area contributed by atoms with E-state index in [0.29, 0.717) is 17.9 Å². The minimum Gasteiger partial charge on any atom is -0.491 e. The summed E-state index contributed by atoms with van der Waals surface area (Å²) >= 11 is 0. The lowest BCUT2D eigenvalue weighted by atomic mass is 9.72. The molecule has 3 nitrogen and oxygen atoms in total. The van der Waals surface area contributed by atoms with Gasteiger partial charge >= 0.3 is 0 Å². The van der Waals surface area contributed by atoms with E-state index in [4.69, 9.17) is 10.5 Å². The minimum atomic E-state index is 0.333. The molecule has 21 heavy (non-hydrogen) atoms. The predicted octanol–water partition coefficient (Wildman–Crippen LogP) is 3.29. The largest absolute Gasteiger partial charge is 0.491 e. The summed E-state index contributed by atoms with van der Waals surface area (Å²) in [5.41, 5.74) is 7.72. The molecule has 1 fully saturated rings. The smallest absolute Gasteiger partial charge is 0.142 e. The van der Waals surface area contributed by atoms with E-state index in [1.807, 2.05) is 0 Å². The highest BCUT2D eigenvalue weighted by Gasteiger charge is 2.33. The highest BCUT2D eigenvalue weighted by atomic mass is 16.5. The molecule has 0 bridgehead atoms. The molecule has 1 aromatic rings. The van der Waals surface area contributed by atoms with Crippen LogP contribution in [0.5, 0.6) is 5.75 Å². The van der Waals surface area contributed by atoms with Gasteiger partial charge in [-0.05, 0) is 49.1 Å². The molecule has 0 amide bonds. The molecular weight excluding hydrogens is 260 g/mol. The number of rotatable bonds is 2. The van der Waals surface area contributed by atoms with Crippen LogP contribution in [0.1, 0.15) is 33.1 Å². The van der Waals surface area contributed by atoms with Crippen molar-refractivity contribution in [1.29, 1.82) is 0 Å². The van der Waals surface area contributed by atoms with E-state index in [-0.39, 0.29) is 0 Å².